The number of nitrogens with two attached hydrogens (primary N) is 1. The van der Waals surface area contributed by atoms with Gasteiger partial charge in [-0.3, -0.25) is 9.36 Å². The van der Waals surface area contributed by atoms with Crippen molar-refractivity contribution in [2.75, 3.05) is 31.6 Å². The first-order valence-corrected chi connectivity index (χ1v) is 16.2. The number of hydrogen-bond donors (Lipinski definition) is 2. The van der Waals surface area contributed by atoms with Crippen LogP contribution in [0, 0.1) is 0 Å². The number of nitrogen functional groups attached to an aromatic ring is 1. The molecule has 0 spiro atoms. The van der Waals surface area contributed by atoms with Crippen LogP contribution < -0.4 is 16.7 Å². The number of hydrogen-bond acceptors (Lipinski definition) is 8. The van der Waals surface area contributed by atoms with Crippen molar-refractivity contribution < 1.29 is 19.1 Å². The fraction of sp³-hybridized carbons (Fsp3) is 0.455. The molecule has 1 aromatic rings. The van der Waals surface area contributed by atoms with Crippen molar-refractivity contribution in [3.05, 3.63) is 95.7 Å². The molecule has 1 saturated heterocycles. The molecule has 1 aliphatic heterocycles. The Morgan fingerprint density at radius 2 is 1.59 bits per heavy atom. The van der Waals surface area contributed by atoms with Crippen LogP contribution in [0.5, 0.6) is 0 Å². The van der Waals surface area contributed by atoms with E-state index in [4.69, 9.17) is 15.2 Å². The Morgan fingerprint density at radius 3 is 2.16 bits per heavy atom. The molecule has 2 rings (SSSR count). The van der Waals surface area contributed by atoms with Gasteiger partial charge in [0.1, 0.15) is 5.82 Å². The van der Waals surface area contributed by atoms with Crippen LogP contribution in [0.15, 0.2) is 90.0 Å². The molecule has 0 saturated carbocycles. The normalized spacial score (nSPS) is 17.3. The molecule has 1 aromatic heterocycles. The second-order valence-electron chi connectivity index (χ2n) is 9.86. The average molecular weight is 626 g/mol. The van der Waals surface area contributed by atoms with Gasteiger partial charge in [0.25, 0.3) is 5.62 Å². The zero-order valence-electron chi connectivity index (χ0n) is 25.9. The molecule has 2 atom stereocenters. The van der Waals surface area contributed by atoms with E-state index in [1.165, 1.54) is 33.5 Å². The summed E-state index contributed by atoms with van der Waals surface area (Å²) in [6.45, 7) is 2.73. The van der Waals surface area contributed by atoms with Gasteiger partial charge in [-0.2, -0.15) is 4.98 Å². The minimum atomic E-state index is -0.851. The van der Waals surface area contributed by atoms with Gasteiger partial charge in [0, 0.05) is 38.5 Å². The molecular weight excluding hydrogens is 578 g/mol. The van der Waals surface area contributed by atoms with Crippen LogP contribution in [0.1, 0.15) is 64.5 Å². The van der Waals surface area contributed by atoms with Crippen molar-refractivity contribution in [1.82, 2.24) is 19.8 Å². The first-order chi connectivity index (χ1) is 21.4. The number of nitrogens with one attached hydrogen (secondary N) is 1. The van der Waals surface area contributed by atoms with E-state index in [9.17, 15) is 14.4 Å². The molecule has 0 aliphatic carbocycles. The maximum atomic E-state index is 12.4. The highest BCUT2D eigenvalue weighted by atomic mass is 32.2. The zero-order valence-corrected chi connectivity index (χ0v) is 26.7. The minimum absolute atomic E-state index is 0.0774. The summed E-state index contributed by atoms with van der Waals surface area (Å²) in [5.74, 6) is 0.466. The number of carbonyl (C=O) groups is 2. The summed E-state index contributed by atoms with van der Waals surface area (Å²) in [4.78, 5) is 41.5. The monoisotopic (exact) mass is 625 g/mol. The van der Waals surface area contributed by atoms with Crippen molar-refractivity contribution in [1.29, 1.82) is 0 Å². The third kappa shape index (κ3) is 16.1. The van der Waals surface area contributed by atoms with Crippen LogP contribution in [0.2, 0.25) is 0 Å². The molecule has 240 valence electrons. The maximum Gasteiger partial charge on any atom is 0.412 e. The summed E-state index contributed by atoms with van der Waals surface area (Å²) in [6.07, 6.45) is 32.9. The van der Waals surface area contributed by atoms with E-state index in [2.05, 4.69) is 84.1 Å². The standard InChI is InChI=1S/C33H47N5O5S/c1-3-4-5-6-7-8-9-10-11-12-13-14-15-16-17-18-19-20-21-22-29(39)35-24-26-37(2)32(41)43-33-42-30(27-44-33)38-25-23-28(34)36-31(38)40/h4-5,7-8,10-11,13-14,16-17,19-20,23,25,30,33H,3,6,9,12,15,18,21-22,24,26-27H2,1-2H3,(H,35,39)(H2,34,36,40)/b5-4-,8-7-,11-10-,14-13-,17-16-,20-19-/t30-,33+/m0/s1. The molecule has 3 N–H and O–H groups in total. The molecule has 2 amide bonds. The van der Waals surface area contributed by atoms with Gasteiger partial charge in [-0.1, -0.05) is 91.6 Å². The maximum absolute atomic E-state index is 12.4. The Hall–Kier alpha value is -3.83. The number of rotatable bonds is 19. The van der Waals surface area contributed by atoms with Gasteiger partial charge in [-0.25, -0.2) is 9.59 Å². The van der Waals surface area contributed by atoms with Crippen molar-refractivity contribution in [2.24, 2.45) is 0 Å². The molecule has 0 radical (unpaired) electrons. The van der Waals surface area contributed by atoms with E-state index in [0.29, 0.717) is 25.1 Å². The number of anilines is 1. The SMILES string of the molecule is CC/C=C\C/C=C\C/C=C\C/C=C\C/C=C\C/C=C\CCC(=O)NCCN(C)C(=O)O[C@H]1O[C@H](n2ccc(N)nc2=O)CS1. The molecule has 10 nitrogen and oxygen atoms in total. The molecule has 2 heterocycles. The van der Waals surface area contributed by atoms with Gasteiger partial charge in [-0.15, -0.1) is 0 Å². The third-order valence-corrected chi connectivity index (χ3v) is 7.17. The van der Waals surface area contributed by atoms with Crippen LogP contribution in [0.25, 0.3) is 0 Å². The Bertz CT molecular complexity index is 1240. The minimum Gasteiger partial charge on any atom is -0.409 e. The summed E-state index contributed by atoms with van der Waals surface area (Å²) >= 11 is 1.26. The van der Waals surface area contributed by atoms with E-state index in [1.54, 1.807) is 7.05 Å². The van der Waals surface area contributed by atoms with Gasteiger partial charge in [0.05, 0.1) is 0 Å². The van der Waals surface area contributed by atoms with Gasteiger partial charge in [0.15, 0.2) is 6.23 Å². The van der Waals surface area contributed by atoms with E-state index in [0.717, 1.165) is 38.5 Å². The number of likely N-dealkylation sites (N-methyl/N-ethyl adjacent to an activating group) is 1. The second kappa shape index (κ2) is 22.7. The fourth-order valence-corrected chi connectivity index (χ4v) is 4.71. The molecule has 0 unspecified atom stereocenters. The van der Waals surface area contributed by atoms with E-state index < -0.39 is 23.6 Å². The molecule has 0 bridgehead atoms. The van der Waals surface area contributed by atoms with Crippen LogP contribution >= 0.6 is 11.8 Å². The number of allylic oxidation sites excluding steroid dienone is 12. The molecule has 11 heteroatoms. The van der Waals surface area contributed by atoms with E-state index in [-0.39, 0.29) is 18.3 Å². The summed E-state index contributed by atoms with van der Waals surface area (Å²) in [5, 5.41) is 2.81. The zero-order chi connectivity index (χ0) is 31.8. The number of nitrogens with zero attached hydrogens (tertiary/aromatic N) is 3. The predicted octanol–water partition coefficient (Wildman–Crippen LogP) is 6.03. The quantitative estimate of drug-likeness (QED) is 0.178. The summed E-state index contributed by atoms with van der Waals surface area (Å²) in [6, 6.07) is 1.50. The van der Waals surface area contributed by atoms with Crippen molar-refractivity contribution in [2.45, 2.75) is 70.1 Å². The van der Waals surface area contributed by atoms with Crippen LogP contribution in [0.4, 0.5) is 10.6 Å². The molecule has 44 heavy (non-hydrogen) atoms. The van der Waals surface area contributed by atoms with Gasteiger partial charge in [-0.05, 0) is 51.0 Å². The smallest absolute Gasteiger partial charge is 0.409 e. The number of amides is 2. The Labute approximate surface area is 265 Å². The Balaban J connectivity index is 1.47. The number of thioether (sulfide) groups is 1. The molecular formula is C33H47N5O5S. The third-order valence-electron chi connectivity index (χ3n) is 6.22. The van der Waals surface area contributed by atoms with Gasteiger partial charge in [0.2, 0.25) is 5.91 Å². The lowest BCUT2D eigenvalue weighted by molar-refractivity contribution is -0.121. The highest BCUT2D eigenvalue weighted by Crippen LogP contribution is 2.31. The Kier molecular flexibility index (Phi) is 18.7. The van der Waals surface area contributed by atoms with Crippen LogP contribution in [-0.2, 0) is 14.3 Å². The van der Waals surface area contributed by atoms with Crippen LogP contribution in [0.3, 0.4) is 0 Å². The molecule has 1 aliphatic rings. The van der Waals surface area contributed by atoms with Gasteiger partial charge < -0.3 is 25.4 Å². The first kappa shape index (κ1) is 36.4. The largest absolute Gasteiger partial charge is 0.412 e. The summed E-state index contributed by atoms with van der Waals surface area (Å²) in [5.41, 5.74) is 4.13. The molecule has 1 fully saturated rings. The van der Waals surface area contributed by atoms with E-state index >= 15 is 0 Å². The van der Waals surface area contributed by atoms with Crippen molar-refractivity contribution in [3.63, 3.8) is 0 Å². The van der Waals surface area contributed by atoms with Crippen LogP contribution in [-0.4, -0.2) is 58.0 Å². The number of ether oxygens (including phenoxy) is 2. The predicted molar refractivity (Wildman–Crippen MR) is 179 cm³/mol. The lowest BCUT2D eigenvalue weighted by Gasteiger charge is -2.20. The summed E-state index contributed by atoms with van der Waals surface area (Å²) in [7, 11) is 1.58. The highest BCUT2D eigenvalue weighted by Gasteiger charge is 2.31. The lowest BCUT2D eigenvalue weighted by Crippen LogP contribution is -2.37. The van der Waals surface area contributed by atoms with Gasteiger partial charge >= 0.3 is 11.8 Å². The second-order valence-corrected chi connectivity index (χ2v) is 10.9. The van der Waals surface area contributed by atoms with Crippen molar-refractivity contribution >= 4 is 29.6 Å². The fourth-order valence-electron chi connectivity index (χ4n) is 3.79. The summed E-state index contributed by atoms with van der Waals surface area (Å²) < 4.78 is 12.3. The van der Waals surface area contributed by atoms with E-state index in [1.807, 2.05) is 6.08 Å². The highest BCUT2D eigenvalue weighted by molar-refractivity contribution is 7.99. The Morgan fingerprint density at radius 1 is 1.02 bits per heavy atom. The molecule has 0 aromatic carbocycles. The van der Waals surface area contributed by atoms with Crippen molar-refractivity contribution in [3.8, 4) is 0 Å². The lowest BCUT2D eigenvalue weighted by atomic mass is 10.2. The average Bonchev–Trinajstić information content (AvgIpc) is 3.46. The number of carbonyl (C=O) groups excluding carboxylic acids is 2. The first-order valence-electron chi connectivity index (χ1n) is 15.1. The number of aromatic nitrogens is 2. The topological polar surface area (TPSA) is 129 Å².